The molecular formula is C21H28O7. The zero-order valence-corrected chi connectivity index (χ0v) is 16.9. The van der Waals surface area contributed by atoms with Crippen LogP contribution in [-0.2, 0) is 14.3 Å². The van der Waals surface area contributed by atoms with Crippen LogP contribution in [0.15, 0.2) is 36.4 Å². The number of ether oxygens (including phenoxy) is 2. The summed E-state index contributed by atoms with van der Waals surface area (Å²) in [7, 11) is 0. The maximum absolute atomic E-state index is 12.1. The molecule has 0 bridgehead atoms. The van der Waals surface area contributed by atoms with Crippen molar-refractivity contribution in [3.05, 3.63) is 42.0 Å². The molecule has 1 rings (SSSR count). The first-order chi connectivity index (χ1) is 12.7. The van der Waals surface area contributed by atoms with Crippen LogP contribution in [0.5, 0.6) is 5.75 Å². The lowest BCUT2D eigenvalue weighted by atomic mass is 9.89. The molecule has 0 amide bonds. The number of aliphatic carboxylic acids is 1. The predicted molar refractivity (Wildman–Crippen MR) is 103 cm³/mol. The first-order valence-corrected chi connectivity index (χ1v) is 8.82. The van der Waals surface area contributed by atoms with Gasteiger partial charge in [0.2, 0.25) is 0 Å². The fourth-order valence-electron chi connectivity index (χ4n) is 2.17. The average molecular weight is 392 g/mol. The highest BCUT2D eigenvalue weighted by molar-refractivity contribution is 6.01. The molecule has 0 radical (unpaired) electrons. The second kappa shape index (κ2) is 9.01. The molecule has 2 N–H and O–H groups in total. The third-order valence-corrected chi connectivity index (χ3v) is 3.94. The van der Waals surface area contributed by atoms with E-state index in [1.54, 1.807) is 24.3 Å². The smallest absolute Gasteiger partial charge is 0.334 e. The van der Waals surface area contributed by atoms with Gasteiger partial charge in [0.25, 0.3) is 0 Å². The van der Waals surface area contributed by atoms with Crippen molar-refractivity contribution in [2.75, 3.05) is 6.61 Å². The highest BCUT2D eigenvalue weighted by Crippen LogP contribution is 2.26. The van der Waals surface area contributed by atoms with Crippen LogP contribution in [-0.4, -0.2) is 46.2 Å². The van der Waals surface area contributed by atoms with Crippen LogP contribution in [0.4, 0.5) is 0 Å². The monoisotopic (exact) mass is 392 g/mol. The number of Topliss-reactive ketones (excluding diaryl/α,β-unsaturated/α-hetero) is 1. The number of aliphatic hydroxyl groups is 1. The van der Waals surface area contributed by atoms with E-state index < -0.39 is 41.3 Å². The van der Waals surface area contributed by atoms with Crippen LogP contribution in [0.25, 0.3) is 0 Å². The molecule has 0 saturated carbocycles. The van der Waals surface area contributed by atoms with Crippen molar-refractivity contribution < 1.29 is 34.1 Å². The molecule has 1 aromatic rings. The van der Waals surface area contributed by atoms with Crippen molar-refractivity contribution in [2.24, 2.45) is 5.41 Å². The Morgan fingerprint density at radius 1 is 1.07 bits per heavy atom. The summed E-state index contributed by atoms with van der Waals surface area (Å²) in [6, 6.07) is 6.30. The maximum atomic E-state index is 12.1. The van der Waals surface area contributed by atoms with E-state index in [-0.39, 0.29) is 12.2 Å². The number of benzene rings is 1. The van der Waals surface area contributed by atoms with E-state index >= 15 is 0 Å². The van der Waals surface area contributed by atoms with Gasteiger partial charge in [0, 0.05) is 16.6 Å². The Labute approximate surface area is 165 Å². The number of hydrogen-bond acceptors (Lipinski definition) is 6. The maximum Gasteiger partial charge on any atom is 0.334 e. The van der Waals surface area contributed by atoms with Gasteiger partial charge >= 0.3 is 11.9 Å². The summed E-state index contributed by atoms with van der Waals surface area (Å²) in [6.07, 6.45) is -1.01. The molecule has 0 aliphatic carbocycles. The first kappa shape index (κ1) is 23.4. The second-order valence-electron chi connectivity index (χ2n) is 8.16. The Balaban J connectivity index is 2.82. The molecule has 154 valence electrons. The van der Waals surface area contributed by atoms with E-state index in [0.29, 0.717) is 11.3 Å². The fraction of sp³-hybridized carbons (Fsp3) is 0.476. The third-order valence-electron chi connectivity index (χ3n) is 3.94. The van der Waals surface area contributed by atoms with Gasteiger partial charge in [-0.25, -0.2) is 4.79 Å². The van der Waals surface area contributed by atoms with Crippen molar-refractivity contribution in [3.8, 4) is 5.75 Å². The van der Waals surface area contributed by atoms with E-state index in [0.717, 1.165) is 0 Å². The van der Waals surface area contributed by atoms with Crippen LogP contribution in [0, 0.1) is 5.41 Å². The van der Waals surface area contributed by atoms with E-state index in [9.17, 15) is 19.5 Å². The van der Waals surface area contributed by atoms with E-state index in [1.807, 2.05) is 20.8 Å². The van der Waals surface area contributed by atoms with Gasteiger partial charge in [-0.15, -0.1) is 0 Å². The summed E-state index contributed by atoms with van der Waals surface area (Å²) in [5.74, 6) is -1.89. The summed E-state index contributed by atoms with van der Waals surface area (Å²) in [4.78, 5) is 34.6. The van der Waals surface area contributed by atoms with Crippen molar-refractivity contribution in [3.63, 3.8) is 0 Å². The first-order valence-electron chi connectivity index (χ1n) is 8.82. The average Bonchev–Trinajstić information content (AvgIpc) is 2.55. The van der Waals surface area contributed by atoms with Crippen LogP contribution in [0.3, 0.4) is 0 Å². The summed E-state index contributed by atoms with van der Waals surface area (Å²) in [5.41, 5.74) is -1.66. The van der Waals surface area contributed by atoms with Crippen molar-refractivity contribution in [1.29, 1.82) is 0 Å². The van der Waals surface area contributed by atoms with Crippen molar-refractivity contribution in [2.45, 2.75) is 52.7 Å². The molecule has 0 aliphatic rings. The Morgan fingerprint density at radius 2 is 1.61 bits per heavy atom. The molecule has 0 fully saturated rings. The zero-order chi connectivity index (χ0) is 21.7. The summed E-state index contributed by atoms with van der Waals surface area (Å²) < 4.78 is 11.1. The standard InChI is InChI=1S/C21H28O7/c1-13(11-17(22)23)19(25)27-12-16(20(2,3)4)28-15-9-7-14(8-10-15)18(24)21(5,6)26/h7-10,16,26H,1,11-12H2,2-6H3,(H,22,23). The Morgan fingerprint density at radius 3 is 2.04 bits per heavy atom. The van der Waals surface area contributed by atoms with Gasteiger partial charge in [-0.1, -0.05) is 27.4 Å². The molecule has 0 spiro atoms. The number of rotatable bonds is 9. The van der Waals surface area contributed by atoms with Gasteiger partial charge < -0.3 is 19.7 Å². The second-order valence-corrected chi connectivity index (χ2v) is 8.16. The SMILES string of the molecule is C=C(CC(=O)O)C(=O)OCC(Oc1ccc(C(=O)C(C)(C)O)cc1)C(C)(C)C. The zero-order valence-electron chi connectivity index (χ0n) is 16.9. The van der Waals surface area contributed by atoms with E-state index in [1.165, 1.54) is 13.8 Å². The topological polar surface area (TPSA) is 110 Å². The van der Waals surface area contributed by atoms with Gasteiger partial charge in [0.15, 0.2) is 5.78 Å². The van der Waals surface area contributed by atoms with Crippen LogP contribution in [0.2, 0.25) is 0 Å². The van der Waals surface area contributed by atoms with Crippen molar-refractivity contribution >= 4 is 17.7 Å². The molecule has 1 unspecified atom stereocenters. The van der Waals surface area contributed by atoms with Crippen molar-refractivity contribution in [1.82, 2.24) is 0 Å². The van der Waals surface area contributed by atoms with Gasteiger partial charge in [-0.05, 0) is 38.1 Å². The number of esters is 1. The number of hydrogen-bond donors (Lipinski definition) is 2. The minimum absolute atomic E-state index is 0.0919. The molecule has 28 heavy (non-hydrogen) atoms. The molecule has 0 aliphatic heterocycles. The summed E-state index contributed by atoms with van der Waals surface area (Å²) in [5, 5.41) is 18.5. The number of ketones is 1. The van der Waals surface area contributed by atoms with Crippen LogP contribution < -0.4 is 4.74 Å². The number of carboxylic acids is 1. The predicted octanol–water partition coefficient (Wildman–Crippen LogP) is 3.01. The highest BCUT2D eigenvalue weighted by atomic mass is 16.6. The van der Waals surface area contributed by atoms with Gasteiger partial charge in [-0.2, -0.15) is 0 Å². The highest BCUT2D eigenvalue weighted by Gasteiger charge is 2.29. The lowest BCUT2D eigenvalue weighted by Crippen LogP contribution is -2.37. The number of carboxylic acid groups (broad SMARTS) is 1. The minimum atomic E-state index is -1.47. The summed E-state index contributed by atoms with van der Waals surface area (Å²) >= 11 is 0. The summed E-state index contributed by atoms with van der Waals surface area (Å²) in [6.45, 7) is 11.9. The Kier molecular flexibility index (Phi) is 7.52. The van der Waals surface area contributed by atoms with Crippen LogP contribution >= 0.6 is 0 Å². The largest absolute Gasteiger partial charge is 0.486 e. The number of carbonyl (C=O) groups excluding carboxylic acids is 2. The molecule has 7 nitrogen and oxygen atoms in total. The Hall–Kier alpha value is -2.67. The van der Waals surface area contributed by atoms with Gasteiger partial charge in [0.1, 0.15) is 24.1 Å². The van der Waals surface area contributed by atoms with E-state index in [4.69, 9.17) is 14.6 Å². The molecular weight excluding hydrogens is 364 g/mol. The Bertz CT molecular complexity index is 734. The fourth-order valence-corrected chi connectivity index (χ4v) is 2.17. The number of carbonyl (C=O) groups is 3. The molecule has 0 saturated heterocycles. The third kappa shape index (κ3) is 7.15. The van der Waals surface area contributed by atoms with E-state index in [2.05, 4.69) is 6.58 Å². The lowest BCUT2D eigenvalue weighted by Gasteiger charge is -2.31. The molecule has 0 heterocycles. The van der Waals surface area contributed by atoms with Gasteiger partial charge in [0.05, 0.1) is 6.42 Å². The van der Waals surface area contributed by atoms with Crippen LogP contribution in [0.1, 0.15) is 51.4 Å². The minimum Gasteiger partial charge on any atom is -0.486 e. The van der Waals surface area contributed by atoms with Gasteiger partial charge in [-0.3, -0.25) is 9.59 Å². The quantitative estimate of drug-likeness (QED) is 0.377. The molecule has 1 atom stereocenters. The normalized spacial score (nSPS) is 12.8. The molecule has 1 aromatic carbocycles. The molecule has 7 heteroatoms. The molecule has 0 aromatic heterocycles. The lowest BCUT2D eigenvalue weighted by molar-refractivity contribution is -0.145.